The van der Waals surface area contributed by atoms with Gasteiger partial charge < -0.3 is 15.8 Å². The van der Waals surface area contributed by atoms with Gasteiger partial charge in [0, 0.05) is 24.7 Å². The van der Waals surface area contributed by atoms with Crippen LogP contribution in [0.5, 0.6) is 5.75 Å². The molecule has 0 radical (unpaired) electrons. The van der Waals surface area contributed by atoms with Crippen LogP contribution < -0.4 is 15.8 Å². The van der Waals surface area contributed by atoms with E-state index in [4.69, 9.17) is 10.5 Å². The van der Waals surface area contributed by atoms with Crippen LogP contribution >= 0.6 is 0 Å². The minimum Gasteiger partial charge on any atom is -0.497 e. The molecule has 0 bridgehead atoms. The Morgan fingerprint density at radius 1 is 1.50 bits per heavy atom. The van der Waals surface area contributed by atoms with Crippen LogP contribution in [0.2, 0.25) is 0 Å². The van der Waals surface area contributed by atoms with Crippen molar-refractivity contribution in [2.45, 2.75) is 19.9 Å². The zero-order valence-electron chi connectivity index (χ0n) is 10.8. The number of nitrogens with two attached hydrogens (primary N) is 1. The van der Waals surface area contributed by atoms with Gasteiger partial charge in [0.05, 0.1) is 12.0 Å². The maximum Gasteiger partial charge on any atom is 0.292 e. The summed E-state index contributed by atoms with van der Waals surface area (Å²) in [6.45, 7) is 4.43. The zero-order chi connectivity index (χ0) is 13.7. The van der Waals surface area contributed by atoms with E-state index in [1.54, 1.807) is 12.1 Å². The van der Waals surface area contributed by atoms with Crippen LogP contribution in [0.25, 0.3) is 0 Å². The van der Waals surface area contributed by atoms with Crippen molar-refractivity contribution in [3.63, 3.8) is 0 Å². The molecule has 100 valence electrons. The van der Waals surface area contributed by atoms with Crippen molar-refractivity contribution in [2.24, 2.45) is 11.7 Å². The molecule has 0 heterocycles. The number of benzene rings is 1. The zero-order valence-corrected chi connectivity index (χ0v) is 10.8. The highest BCUT2D eigenvalue weighted by atomic mass is 16.6. The van der Waals surface area contributed by atoms with Gasteiger partial charge >= 0.3 is 0 Å². The number of hydrogen-bond acceptors (Lipinski definition) is 5. The van der Waals surface area contributed by atoms with Crippen LogP contribution in [0.1, 0.15) is 13.8 Å². The van der Waals surface area contributed by atoms with Gasteiger partial charge in [-0.2, -0.15) is 0 Å². The van der Waals surface area contributed by atoms with E-state index in [0.29, 0.717) is 18.0 Å². The summed E-state index contributed by atoms with van der Waals surface area (Å²) in [7, 11) is 1.52. The molecular formula is C12H19N3O3. The highest BCUT2D eigenvalue weighted by Gasteiger charge is 2.19. The van der Waals surface area contributed by atoms with E-state index >= 15 is 0 Å². The van der Waals surface area contributed by atoms with Crippen LogP contribution in [0.15, 0.2) is 18.2 Å². The summed E-state index contributed by atoms with van der Waals surface area (Å²) in [4.78, 5) is 10.5. The SMILES string of the molecule is COc1ccc([N+](=O)[O-])c(NC(CN)C(C)C)c1. The highest BCUT2D eigenvalue weighted by molar-refractivity contribution is 5.64. The Bertz CT molecular complexity index is 421. The first-order chi connectivity index (χ1) is 8.49. The number of hydrogen-bond donors (Lipinski definition) is 2. The number of rotatable bonds is 6. The van der Waals surface area contributed by atoms with E-state index in [0.717, 1.165) is 0 Å². The lowest BCUT2D eigenvalue weighted by atomic mass is 10.0. The van der Waals surface area contributed by atoms with Gasteiger partial charge in [-0.05, 0) is 12.0 Å². The normalized spacial score (nSPS) is 12.3. The molecule has 0 spiro atoms. The average molecular weight is 253 g/mol. The molecule has 1 atom stereocenters. The second-order valence-corrected chi connectivity index (χ2v) is 4.37. The predicted octanol–water partition coefficient (Wildman–Crippen LogP) is 2.00. The van der Waals surface area contributed by atoms with Crippen molar-refractivity contribution in [1.82, 2.24) is 0 Å². The van der Waals surface area contributed by atoms with Crippen molar-refractivity contribution in [2.75, 3.05) is 19.0 Å². The van der Waals surface area contributed by atoms with E-state index in [-0.39, 0.29) is 17.6 Å². The Morgan fingerprint density at radius 2 is 2.17 bits per heavy atom. The first-order valence-electron chi connectivity index (χ1n) is 5.78. The van der Waals surface area contributed by atoms with Gasteiger partial charge in [-0.15, -0.1) is 0 Å². The summed E-state index contributed by atoms with van der Waals surface area (Å²) in [5.41, 5.74) is 6.11. The third-order valence-corrected chi connectivity index (χ3v) is 2.80. The van der Waals surface area contributed by atoms with Crippen LogP contribution in [-0.2, 0) is 0 Å². The Morgan fingerprint density at radius 3 is 2.61 bits per heavy atom. The maximum absolute atomic E-state index is 11.0. The number of ether oxygens (including phenoxy) is 1. The molecule has 1 rings (SSSR count). The largest absolute Gasteiger partial charge is 0.497 e. The summed E-state index contributed by atoms with van der Waals surface area (Å²) in [6.07, 6.45) is 0. The van der Waals surface area contributed by atoms with E-state index in [1.807, 2.05) is 13.8 Å². The van der Waals surface area contributed by atoms with Gasteiger partial charge in [-0.1, -0.05) is 13.8 Å². The summed E-state index contributed by atoms with van der Waals surface area (Å²) in [6, 6.07) is 4.59. The fraction of sp³-hybridized carbons (Fsp3) is 0.500. The first-order valence-corrected chi connectivity index (χ1v) is 5.78. The molecule has 0 aromatic heterocycles. The topological polar surface area (TPSA) is 90.4 Å². The van der Waals surface area contributed by atoms with Gasteiger partial charge in [-0.3, -0.25) is 10.1 Å². The summed E-state index contributed by atoms with van der Waals surface area (Å²) in [5, 5.41) is 14.1. The molecule has 1 unspecified atom stereocenters. The molecule has 3 N–H and O–H groups in total. The summed E-state index contributed by atoms with van der Waals surface area (Å²) >= 11 is 0. The molecule has 18 heavy (non-hydrogen) atoms. The molecule has 1 aromatic carbocycles. The minimum absolute atomic E-state index is 0.0178. The lowest BCUT2D eigenvalue weighted by molar-refractivity contribution is -0.384. The molecule has 0 aliphatic rings. The molecule has 6 nitrogen and oxygen atoms in total. The smallest absolute Gasteiger partial charge is 0.292 e. The fourth-order valence-electron chi connectivity index (χ4n) is 1.61. The fourth-order valence-corrected chi connectivity index (χ4v) is 1.61. The van der Waals surface area contributed by atoms with E-state index < -0.39 is 4.92 Å². The minimum atomic E-state index is -0.421. The molecule has 6 heteroatoms. The molecular weight excluding hydrogens is 234 g/mol. The molecule has 0 saturated heterocycles. The Labute approximate surface area is 106 Å². The number of methoxy groups -OCH3 is 1. The maximum atomic E-state index is 11.0. The third kappa shape index (κ3) is 3.33. The molecule has 0 aliphatic carbocycles. The Hall–Kier alpha value is -1.82. The summed E-state index contributed by atoms with van der Waals surface area (Å²) in [5.74, 6) is 0.850. The van der Waals surface area contributed by atoms with Gasteiger partial charge in [0.1, 0.15) is 11.4 Å². The van der Waals surface area contributed by atoms with Crippen LogP contribution in [0.3, 0.4) is 0 Å². The standard InChI is InChI=1S/C12H19N3O3/c1-8(2)11(7-13)14-10-6-9(18-3)4-5-12(10)15(16)17/h4-6,8,11,14H,7,13H2,1-3H3. The predicted molar refractivity (Wildman–Crippen MR) is 71.0 cm³/mol. The first kappa shape index (κ1) is 14.2. The summed E-state index contributed by atoms with van der Waals surface area (Å²) < 4.78 is 5.07. The van der Waals surface area contributed by atoms with E-state index in [1.165, 1.54) is 13.2 Å². The molecule has 1 aromatic rings. The van der Waals surface area contributed by atoms with Crippen molar-refractivity contribution >= 4 is 11.4 Å². The van der Waals surface area contributed by atoms with Gasteiger partial charge in [0.2, 0.25) is 0 Å². The monoisotopic (exact) mass is 253 g/mol. The number of anilines is 1. The van der Waals surface area contributed by atoms with Gasteiger partial charge in [0.25, 0.3) is 5.69 Å². The number of nitrogens with zero attached hydrogens (tertiary/aromatic N) is 1. The molecule has 0 fully saturated rings. The van der Waals surface area contributed by atoms with Crippen molar-refractivity contribution in [3.05, 3.63) is 28.3 Å². The number of nitrogens with one attached hydrogen (secondary N) is 1. The van der Waals surface area contributed by atoms with Gasteiger partial charge in [-0.25, -0.2) is 0 Å². The number of nitro groups is 1. The molecule has 0 saturated carbocycles. The quantitative estimate of drug-likeness (QED) is 0.597. The second kappa shape index (κ2) is 6.20. The average Bonchev–Trinajstić information content (AvgIpc) is 2.34. The van der Waals surface area contributed by atoms with Crippen LogP contribution in [0, 0.1) is 16.0 Å². The van der Waals surface area contributed by atoms with Crippen molar-refractivity contribution in [1.29, 1.82) is 0 Å². The lowest BCUT2D eigenvalue weighted by Crippen LogP contribution is -2.33. The second-order valence-electron chi connectivity index (χ2n) is 4.37. The lowest BCUT2D eigenvalue weighted by Gasteiger charge is -2.21. The van der Waals surface area contributed by atoms with Gasteiger partial charge in [0.15, 0.2) is 0 Å². The third-order valence-electron chi connectivity index (χ3n) is 2.80. The molecule has 0 aliphatic heterocycles. The Kier molecular flexibility index (Phi) is 4.91. The van der Waals surface area contributed by atoms with Crippen molar-refractivity contribution < 1.29 is 9.66 Å². The van der Waals surface area contributed by atoms with Crippen molar-refractivity contribution in [3.8, 4) is 5.75 Å². The van der Waals surface area contributed by atoms with E-state index in [9.17, 15) is 10.1 Å². The highest BCUT2D eigenvalue weighted by Crippen LogP contribution is 2.29. The Balaban J connectivity index is 3.07. The molecule has 0 amide bonds. The number of nitro benzene ring substituents is 1. The van der Waals surface area contributed by atoms with Crippen LogP contribution in [-0.4, -0.2) is 24.6 Å². The van der Waals surface area contributed by atoms with E-state index in [2.05, 4.69) is 5.32 Å². The van der Waals surface area contributed by atoms with Crippen LogP contribution in [0.4, 0.5) is 11.4 Å².